The lowest BCUT2D eigenvalue weighted by Gasteiger charge is -2.11. The number of benzene rings is 2. The summed E-state index contributed by atoms with van der Waals surface area (Å²) in [7, 11) is 0. The highest BCUT2D eigenvalue weighted by molar-refractivity contribution is 5.95. The minimum absolute atomic E-state index is 0.118. The van der Waals surface area contributed by atoms with Gasteiger partial charge in [0.1, 0.15) is 0 Å². The average Bonchev–Trinajstić information content (AvgIpc) is 2.48. The van der Waals surface area contributed by atoms with E-state index in [0.29, 0.717) is 6.54 Å². The van der Waals surface area contributed by atoms with Gasteiger partial charge >= 0.3 is 0 Å². The Balaban J connectivity index is 2.07. The van der Waals surface area contributed by atoms with Gasteiger partial charge in [0.15, 0.2) is 0 Å². The van der Waals surface area contributed by atoms with Crippen molar-refractivity contribution in [2.45, 2.75) is 13.3 Å². The van der Waals surface area contributed by atoms with Crippen molar-refractivity contribution in [3.63, 3.8) is 0 Å². The van der Waals surface area contributed by atoms with Crippen LogP contribution in [0.4, 0.5) is 5.69 Å². The summed E-state index contributed by atoms with van der Waals surface area (Å²) in [5.41, 5.74) is 2.80. The number of amides is 2. The Hall–Kier alpha value is -2.62. The molecular formula is C17H18N2O2. The molecule has 4 heteroatoms. The van der Waals surface area contributed by atoms with Crippen LogP contribution in [-0.2, 0) is 9.59 Å². The van der Waals surface area contributed by atoms with Crippen molar-refractivity contribution in [2.24, 2.45) is 0 Å². The van der Waals surface area contributed by atoms with Crippen molar-refractivity contribution in [2.75, 3.05) is 11.9 Å². The van der Waals surface area contributed by atoms with Gasteiger partial charge in [-0.15, -0.1) is 0 Å². The van der Waals surface area contributed by atoms with Crippen molar-refractivity contribution in [1.82, 2.24) is 5.32 Å². The van der Waals surface area contributed by atoms with Gasteiger partial charge in [-0.25, -0.2) is 0 Å². The van der Waals surface area contributed by atoms with Gasteiger partial charge in [0.2, 0.25) is 11.8 Å². The molecule has 0 atom stereocenters. The van der Waals surface area contributed by atoms with E-state index in [1.807, 2.05) is 54.6 Å². The van der Waals surface area contributed by atoms with E-state index >= 15 is 0 Å². The lowest BCUT2D eigenvalue weighted by molar-refractivity contribution is -0.119. The molecule has 108 valence electrons. The van der Waals surface area contributed by atoms with Crippen molar-refractivity contribution < 1.29 is 9.59 Å². The Labute approximate surface area is 124 Å². The molecule has 0 saturated heterocycles. The molecule has 0 aromatic heterocycles. The van der Waals surface area contributed by atoms with Crippen LogP contribution in [0.15, 0.2) is 54.6 Å². The van der Waals surface area contributed by atoms with Gasteiger partial charge in [0.05, 0.1) is 0 Å². The van der Waals surface area contributed by atoms with Crippen LogP contribution >= 0.6 is 0 Å². The molecule has 0 aliphatic carbocycles. The second-order valence-electron chi connectivity index (χ2n) is 4.69. The van der Waals surface area contributed by atoms with E-state index < -0.39 is 0 Å². The van der Waals surface area contributed by atoms with Crippen molar-refractivity contribution in [3.05, 3.63) is 54.6 Å². The third-order valence-electron chi connectivity index (χ3n) is 3.01. The zero-order chi connectivity index (χ0) is 15.1. The lowest BCUT2D eigenvalue weighted by Crippen LogP contribution is -2.25. The molecule has 4 nitrogen and oxygen atoms in total. The maximum absolute atomic E-state index is 11.9. The second-order valence-corrected chi connectivity index (χ2v) is 4.69. The van der Waals surface area contributed by atoms with Gasteiger partial charge in [-0.3, -0.25) is 9.59 Å². The van der Waals surface area contributed by atoms with Crippen LogP contribution in [-0.4, -0.2) is 18.4 Å². The number of carbonyl (C=O) groups is 2. The molecule has 0 spiro atoms. The van der Waals surface area contributed by atoms with E-state index in [9.17, 15) is 9.59 Å². The number of hydrogen-bond donors (Lipinski definition) is 2. The van der Waals surface area contributed by atoms with E-state index in [-0.39, 0.29) is 18.2 Å². The largest absolute Gasteiger partial charge is 0.356 e. The van der Waals surface area contributed by atoms with Crippen LogP contribution < -0.4 is 10.6 Å². The zero-order valence-corrected chi connectivity index (χ0v) is 11.9. The van der Waals surface area contributed by atoms with Gasteiger partial charge < -0.3 is 10.6 Å². The van der Waals surface area contributed by atoms with Crippen molar-refractivity contribution in [3.8, 4) is 11.1 Å². The first-order valence-corrected chi connectivity index (χ1v) is 6.85. The Morgan fingerprint density at radius 1 is 0.952 bits per heavy atom. The van der Waals surface area contributed by atoms with Gasteiger partial charge in [-0.2, -0.15) is 0 Å². The van der Waals surface area contributed by atoms with Crippen molar-refractivity contribution >= 4 is 17.5 Å². The van der Waals surface area contributed by atoms with Crippen LogP contribution in [0.25, 0.3) is 11.1 Å². The van der Waals surface area contributed by atoms with Crippen LogP contribution in [0.2, 0.25) is 0 Å². The predicted molar refractivity (Wildman–Crippen MR) is 83.8 cm³/mol. The summed E-state index contributed by atoms with van der Waals surface area (Å²) in [6.45, 7) is 1.78. The minimum atomic E-state index is -0.132. The number of hydrogen-bond acceptors (Lipinski definition) is 2. The fourth-order valence-corrected chi connectivity index (χ4v) is 2.03. The van der Waals surface area contributed by atoms with Crippen LogP contribution in [0.1, 0.15) is 13.3 Å². The quantitative estimate of drug-likeness (QED) is 0.886. The standard InChI is InChI=1S/C17H18N2O2/c1-13(20)18-12-11-17(21)19-16-10-6-5-9-15(16)14-7-3-2-4-8-14/h2-10H,11-12H2,1H3,(H,18,20)(H,19,21). The first kappa shape index (κ1) is 14.8. The summed E-state index contributed by atoms with van der Waals surface area (Å²) in [6, 6.07) is 17.6. The molecule has 0 aliphatic rings. The Morgan fingerprint density at radius 2 is 1.62 bits per heavy atom. The van der Waals surface area contributed by atoms with Crippen LogP contribution in [0.3, 0.4) is 0 Å². The van der Waals surface area contributed by atoms with Crippen LogP contribution in [0, 0.1) is 0 Å². The summed E-state index contributed by atoms with van der Waals surface area (Å²) in [6.07, 6.45) is 0.253. The molecule has 0 bridgehead atoms. The third kappa shape index (κ3) is 4.45. The van der Waals surface area contributed by atoms with Gasteiger partial charge in [0, 0.05) is 31.1 Å². The molecule has 2 aromatic rings. The highest BCUT2D eigenvalue weighted by atomic mass is 16.2. The zero-order valence-electron chi connectivity index (χ0n) is 11.9. The lowest BCUT2D eigenvalue weighted by atomic mass is 10.0. The number of nitrogens with one attached hydrogen (secondary N) is 2. The Bertz CT molecular complexity index is 624. The normalized spacial score (nSPS) is 9.95. The molecule has 0 heterocycles. The van der Waals surface area contributed by atoms with Crippen LogP contribution in [0.5, 0.6) is 0 Å². The monoisotopic (exact) mass is 282 g/mol. The molecule has 2 aromatic carbocycles. The predicted octanol–water partition coefficient (Wildman–Crippen LogP) is 2.82. The van der Waals surface area contributed by atoms with Gasteiger partial charge in [0.25, 0.3) is 0 Å². The number of carbonyl (C=O) groups excluding carboxylic acids is 2. The molecule has 2 rings (SSSR count). The summed E-state index contributed by atoms with van der Waals surface area (Å²) >= 11 is 0. The Kier molecular flexibility index (Phi) is 5.10. The number of para-hydroxylation sites is 1. The molecule has 0 aliphatic heterocycles. The minimum Gasteiger partial charge on any atom is -0.356 e. The third-order valence-corrected chi connectivity index (χ3v) is 3.01. The maximum Gasteiger partial charge on any atom is 0.226 e. The van der Waals surface area contributed by atoms with E-state index in [2.05, 4.69) is 10.6 Å². The van der Waals surface area contributed by atoms with Crippen molar-refractivity contribution in [1.29, 1.82) is 0 Å². The summed E-state index contributed by atoms with van der Waals surface area (Å²) in [5, 5.41) is 5.50. The fourth-order valence-electron chi connectivity index (χ4n) is 2.03. The SMILES string of the molecule is CC(=O)NCCC(=O)Nc1ccccc1-c1ccccc1. The van der Waals surface area contributed by atoms with E-state index in [0.717, 1.165) is 16.8 Å². The smallest absolute Gasteiger partial charge is 0.226 e. The van der Waals surface area contributed by atoms with E-state index in [4.69, 9.17) is 0 Å². The highest BCUT2D eigenvalue weighted by Crippen LogP contribution is 2.27. The van der Waals surface area contributed by atoms with Gasteiger partial charge in [-0.05, 0) is 11.6 Å². The molecule has 0 unspecified atom stereocenters. The fraction of sp³-hybridized carbons (Fsp3) is 0.176. The molecule has 0 saturated carbocycles. The molecule has 0 radical (unpaired) electrons. The molecule has 0 fully saturated rings. The highest BCUT2D eigenvalue weighted by Gasteiger charge is 2.08. The van der Waals surface area contributed by atoms with Gasteiger partial charge in [-0.1, -0.05) is 48.5 Å². The molecule has 21 heavy (non-hydrogen) atoms. The first-order valence-electron chi connectivity index (χ1n) is 6.85. The molecular weight excluding hydrogens is 264 g/mol. The topological polar surface area (TPSA) is 58.2 Å². The number of rotatable bonds is 5. The number of anilines is 1. The summed E-state index contributed by atoms with van der Waals surface area (Å²) in [5.74, 6) is -0.250. The van der Waals surface area contributed by atoms with E-state index in [1.54, 1.807) is 0 Å². The average molecular weight is 282 g/mol. The maximum atomic E-state index is 11.9. The van der Waals surface area contributed by atoms with E-state index in [1.165, 1.54) is 6.92 Å². The Morgan fingerprint density at radius 3 is 2.33 bits per heavy atom. The molecule has 2 N–H and O–H groups in total. The summed E-state index contributed by atoms with van der Waals surface area (Å²) < 4.78 is 0. The molecule has 2 amide bonds. The first-order chi connectivity index (χ1) is 10.2. The summed E-state index contributed by atoms with van der Waals surface area (Å²) in [4.78, 5) is 22.7. The second kappa shape index (κ2) is 7.24.